The Morgan fingerprint density at radius 3 is 2.49 bits per heavy atom. The van der Waals surface area contributed by atoms with Gasteiger partial charge in [0.05, 0.1) is 18.2 Å². The lowest BCUT2D eigenvalue weighted by Gasteiger charge is -2.33. The van der Waals surface area contributed by atoms with Crippen molar-refractivity contribution in [1.82, 2.24) is 24.8 Å². The molecule has 1 saturated heterocycles. The van der Waals surface area contributed by atoms with Gasteiger partial charge < -0.3 is 25.0 Å². The summed E-state index contributed by atoms with van der Waals surface area (Å²) in [5.41, 5.74) is 2.77. The van der Waals surface area contributed by atoms with Gasteiger partial charge in [0.2, 0.25) is 0 Å². The number of aromatic amines is 1. The molecule has 4 aromatic rings. The summed E-state index contributed by atoms with van der Waals surface area (Å²) in [6.45, 7) is 0.567. The van der Waals surface area contributed by atoms with E-state index in [1.165, 1.54) is 7.11 Å². The highest BCUT2D eigenvalue weighted by Gasteiger charge is 2.39. The molecule has 0 radical (unpaired) electrons. The average Bonchev–Trinajstić information content (AvgIpc) is 2.93. The summed E-state index contributed by atoms with van der Waals surface area (Å²) >= 11 is 0. The molecule has 0 saturated carbocycles. The zero-order chi connectivity index (χ0) is 27.6. The van der Waals surface area contributed by atoms with Crippen molar-refractivity contribution in [3.8, 4) is 17.3 Å². The van der Waals surface area contributed by atoms with E-state index in [0.29, 0.717) is 53.8 Å². The van der Waals surface area contributed by atoms with Gasteiger partial charge in [0, 0.05) is 36.4 Å². The number of likely N-dealkylation sites (tertiary alicyclic amines) is 1. The molecule has 0 spiro atoms. The molecule has 1 aliphatic heterocycles. The van der Waals surface area contributed by atoms with Crippen LogP contribution in [-0.4, -0.2) is 69.0 Å². The number of halogens is 3. The maximum absolute atomic E-state index is 12.7. The summed E-state index contributed by atoms with van der Waals surface area (Å²) in [5, 5.41) is 13.7. The van der Waals surface area contributed by atoms with Gasteiger partial charge in [-0.15, -0.1) is 0 Å². The molecule has 3 N–H and O–H groups in total. The first kappa shape index (κ1) is 26.6. The van der Waals surface area contributed by atoms with Crippen LogP contribution in [0.1, 0.15) is 24.3 Å². The Balaban J connectivity index is 1.33. The van der Waals surface area contributed by atoms with E-state index in [9.17, 15) is 23.1 Å². The second kappa shape index (κ2) is 11.0. The molecule has 4 heterocycles. The lowest BCUT2D eigenvalue weighted by atomic mass is 9.89. The number of hydrogen-bond donors (Lipinski definition) is 3. The zero-order valence-corrected chi connectivity index (χ0v) is 21.1. The number of pyridine rings is 2. The highest BCUT2D eigenvalue weighted by Crippen LogP contribution is 2.32. The van der Waals surface area contributed by atoms with Crippen molar-refractivity contribution in [3.63, 3.8) is 0 Å². The molecular formula is C27H27F3N6O3. The molecule has 12 heteroatoms. The number of nitrogens with one attached hydrogen (secondary N) is 2. The number of aliphatic hydroxyl groups is 1. The number of aromatic nitrogens is 4. The van der Waals surface area contributed by atoms with Gasteiger partial charge in [0.1, 0.15) is 5.82 Å². The van der Waals surface area contributed by atoms with E-state index in [4.69, 9.17) is 4.74 Å². The number of aliphatic hydroxyl groups excluding tert-OH is 1. The third-order valence-electron chi connectivity index (χ3n) is 6.90. The highest BCUT2D eigenvalue weighted by atomic mass is 19.4. The van der Waals surface area contributed by atoms with Crippen LogP contribution in [0.4, 0.5) is 24.7 Å². The Morgan fingerprint density at radius 2 is 1.85 bits per heavy atom. The molecular weight excluding hydrogens is 513 g/mol. The van der Waals surface area contributed by atoms with E-state index >= 15 is 0 Å². The summed E-state index contributed by atoms with van der Waals surface area (Å²) in [7, 11) is 1.48. The molecule has 3 aromatic heterocycles. The molecule has 1 unspecified atom stereocenters. The topological polar surface area (TPSA) is 116 Å². The minimum absolute atomic E-state index is 0.207. The molecule has 0 amide bonds. The predicted octanol–water partition coefficient (Wildman–Crippen LogP) is 4.23. The average molecular weight is 541 g/mol. The van der Waals surface area contributed by atoms with Crippen molar-refractivity contribution in [2.24, 2.45) is 0 Å². The zero-order valence-electron chi connectivity index (χ0n) is 21.1. The van der Waals surface area contributed by atoms with Crippen LogP contribution < -0.4 is 15.6 Å². The number of piperidine rings is 1. The van der Waals surface area contributed by atoms with E-state index in [1.807, 2.05) is 24.3 Å². The fourth-order valence-corrected chi connectivity index (χ4v) is 4.78. The molecule has 1 aliphatic rings. The Hall–Kier alpha value is -4.03. The van der Waals surface area contributed by atoms with Crippen molar-refractivity contribution in [3.05, 3.63) is 70.9 Å². The van der Waals surface area contributed by atoms with Crippen molar-refractivity contribution in [2.45, 2.75) is 31.0 Å². The largest absolute Gasteiger partial charge is 0.467 e. The van der Waals surface area contributed by atoms with E-state index in [2.05, 4.69) is 25.3 Å². The van der Waals surface area contributed by atoms with E-state index < -0.39 is 18.8 Å². The van der Waals surface area contributed by atoms with Crippen LogP contribution in [0.2, 0.25) is 0 Å². The Kier molecular flexibility index (Phi) is 7.49. The minimum Gasteiger partial charge on any atom is -0.467 e. The standard InChI is InChI=1S/C27H27F3N6O3/c1-39-26-32-13-19(14-33-26)21-12-18-6-9-31-25(38)23(18)24(35-21)34-20-4-2-16(3-5-20)17-7-10-36(11-8-17)15-22(37)27(28,29)30/h2-6,9,12-14,17,22,37H,7-8,10-11,15H2,1H3,(H,31,38)(H,34,35). The third-order valence-corrected chi connectivity index (χ3v) is 6.90. The first-order chi connectivity index (χ1) is 18.7. The summed E-state index contributed by atoms with van der Waals surface area (Å²) in [4.78, 5) is 30.0. The fourth-order valence-electron chi connectivity index (χ4n) is 4.78. The minimum atomic E-state index is -4.60. The first-order valence-electron chi connectivity index (χ1n) is 12.4. The number of methoxy groups -OCH3 is 1. The van der Waals surface area contributed by atoms with Gasteiger partial charge in [-0.3, -0.25) is 4.79 Å². The fraction of sp³-hybridized carbons (Fsp3) is 0.333. The third kappa shape index (κ3) is 6.02. The molecule has 1 fully saturated rings. The van der Waals surface area contributed by atoms with Gasteiger partial charge in [0.15, 0.2) is 6.10 Å². The Labute approximate surface area is 221 Å². The number of benzene rings is 1. The Morgan fingerprint density at radius 1 is 1.15 bits per heavy atom. The van der Waals surface area contributed by atoms with E-state index in [0.717, 1.165) is 11.3 Å². The maximum atomic E-state index is 12.7. The van der Waals surface area contributed by atoms with E-state index in [-0.39, 0.29) is 17.5 Å². The number of nitrogens with zero attached hydrogens (tertiary/aromatic N) is 4. The molecule has 1 aromatic carbocycles. The van der Waals surface area contributed by atoms with Gasteiger partial charge in [-0.2, -0.15) is 13.2 Å². The van der Waals surface area contributed by atoms with Gasteiger partial charge in [-0.05, 0) is 67.1 Å². The summed E-state index contributed by atoms with van der Waals surface area (Å²) in [5.74, 6) is 0.586. The SMILES string of the molecule is COc1ncc(-c2cc3cc[nH]c(=O)c3c(Nc3ccc(C4CCN(CC(O)C(F)(F)F)CC4)cc3)n2)cn1. The molecule has 9 nitrogen and oxygen atoms in total. The second-order valence-corrected chi connectivity index (χ2v) is 9.46. The van der Waals surface area contributed by atoms with Gasteiger partial charge >= 0.3 is 12.2 Å². The van der Waals surface area contributed by atoms with E-state index in [1.54, 1.807) is 35.6 Å². The molecule has 0 aliphatic carbocycles. The number of alkyl halides is 3. The van der Waals surface area contributed by atoms with Crippen LogP contribution in [0.5, 0.6) is 6.01 Å². The number of ether oxygens (including phenoxy) is 1. The molecule has 39 heavy (non-hydrogen) atoms. The van der Waals surface area contributed by atoms with Gasteiger partial charge in [0.25, 0.3) is 5.56 Å². The predicted molar refractivity (Wildman–Crippen MR) is 140 cm³/mol. The first-order valence-corrected chi connectivity index (χ1v) is 12.4. The van der Waals surface area contributed by atoms with Crippen LogP contribution in [0, 0.1) is 0 Å². The number of H-pyrrole nitrogens is 1. The number of β-amino-alcohol motifs (C(OH)–C–C–N with tert-alkyl or cyclic N) is 1. The number of anilines is 2. The van der Waals surface area contributed by atoms with Crippen molar-refractivity contribution in [2.75, 3.05) is 32.1 Å². The number of fused-ring (bicyclic) bond motifs is 1. The lowest BCUT2D eigenvalue weighted by molar-refractivity contribution is -0.208. The van der Waals surface area contributed by atoms with Crippen molar-refractivity contribution in [1.29, 1.82) is 0 Å². The quantitative estimate of drug-likeness (QED) is 0.319. The van der Waals surface area contributed by atoms with Crippen LogP contribution in [-0.2, 0) is 0 Å². The maximum Gasteiger partial charge on any atom is 0.415 e. The van der Waals surface area contributed by atoms with Crippen LogP contribution in [0.3, 0.4) is 0 Å². The van der Waals surface area contributed by atoms with Crippen molar-refractivity contribution < 1.29 is 23.0 Å². The number of rotatable bonds is 7. The monoisotopic (exact) mass is 540 g/mol. The van der Waals surface area contributed by atoms with Gasteiger partial charge in [-0.25, -0.2) is 15.0 Å². The summed E-state index contributed by atoms with van der Waals surface area (Å²) < 4.78 is 43.0. The molecule has 0 bridgehead atoms. The molecule has 5 rings (SSSR count). The number of hydrogen-bond acceptors (Lipinski definition) is 8. The molecule has 1 atom stereocenters. The smallest absolute Gasteiger partial charge is 0.415 e. The lowest BCUT2D eigenvalue weighted by Crippen LogP contribution is -2.43. The Bertz CT molecular complexity index is 1480. The van der Waals surface area contributed by atoms with Crippen LogP contribution >= 0.6 is 0 Å². The normalized spacial score (nSPS) is 15.8. The van der Waals surface area contributed by atoms with Crippen molar-refractivity contribution >= 4 is 22.3 Å². The highest BCUT2D eigenvalue weighted by molar-refractivity contribution is 5.95. The molecule has 204 valence electrons. The van der Waals surface area contributed by atoms with Crippen LogP contribution in [0.25, 0.3) is 22.0 Å². The summed E-state index contributed by atoms with van der Waals surface area (Å²) in [6, 6.07) is 11.6. The second-order valence-electron chi connectivity index (χ2n) is 9.46. The summed E-state index contributed by atoms with van der Waals surface area (Å²) in [6.07, 6.45) is -0.760. The van der Waals surface area contributed by atoms with Gasteiger partial charge in [-0.1, -0.05) is 12.1 Å². The van der Waals surface area contributed by atoms with Crippen LogP contribution in [0.15, 0.2) is 59.8 Å².